The molecular weight excluding hydrogens is 324 g/mol. The van der Waals surface area contributed by atoms with Gasteiger partial charge in [-0.25, -0.2) is 0 Å². The lowest BCUT2D eigenvalue weighted by Gasteiger charge is -2.24. The van der Waals surface area contributed by atoms with Crippen molar-refractivity contribution in [2.24, 2.45) is 0 Å². The van der Waals surface area contributed by atoms with Crippen molar-refractivity contribution in [1.82, 2.24) is 10.2 Å². The Hall–Kier alpha value is -2.04. The monoisotopic (exact) mass is 346 g/mol. The summed E-state index contributed by atoms with van der Waals surface area (Å²) in [4.78, 5) is 14.4. The maximum Gasteiger partial charge on any atom is 0.237 e. The summed E-state index contributed by atoms with van der Waals surface area (Å²) in [5.41, 5.74) is 2.08. The van der Waals surface area contributed by atoms with Crippen molar-refractivity contribution >= 4 is 17.5 Å². The minimum atomic E-state index is -0.240. The zero-order valence-electron chi connectivity index (χ0n) is 14.3. The SMILES string of the molecule is COc1ccccc1CNC(=O)C(C)N(C)Cc1ccc(Cl)cc1. The van der Waals surface area contributed by atoms with E-state index >= 15 is 0 Å². The van der Waals surface area contributed by atoms with Crippen LogP contribution >= 0.6 is 11.6 Å². The second-order valence-corrected chi connectivity index (χ2v) is 6.18. The summed E-state index contributed by atoms with van der Waals surface area (Å²) in [6, 6.07) is 15.1. The van der Waals surface area contributed by atoms with Gasteiger partial charge in [-0.3, -0.25) is 9.69 Å². The third-order valence-corrected chi connectivity index (χ3v) is 4.28. The Balaban J connectivity index is 1.90. The van der Waals surface area contributed by atoms with Crippen molar-refractivity contribution in [3.8, 4) is 5.75 Å². The molecule has 5 heteroatoms. The second kappa shape index (κ2) is 8.71. The molecule has 0 aliphatic rings. The summed E-state index contributed by atoms with van der Waals surface area (Å²) in [5.74, 6) is 0.761. The highest BCUT2D eigenvalue weighted by Gasteiger charge is 2.18. The average molecular weight is 347 g/mol. The molecule has 1 amide bonds. The van der Waals surface area contributed by atoms with Crippen LogP contribution in [-0.4, -0.2) is 31.0 Å². The molecule has 0 saturated carbocycles. The average Bonchev–Trinajstić information content (AvgIpc) is 2.61. The number of ether oxygens (including phenoxy) is 1. The molecule has 2 rings (SSSR count). The van der Waals surface area contributed by atoms with Gasteiger partial charge < -0.3 is 10.1 Å². The van der Waals surface area contributed by atoms with Crippen LogP contribution in [-0.2, 0) is 17.9 Å². The number of para-hydroxylation sites is 1. The van der Waals surface area contributed by atoms with E-state index in [-0.39, 0.29) is 11.9 Å². The van der Waals surface area contributed by atoms with Gasteiger partial charge in [-0.2, -0.15) is 0 Å². The molecule has 1 N–H and O–H groups in total. The molecule has 0 spiro atoms. The van der Waals surface area contributed by atoms with Crippen LogP contribution in [0.15, 0.2) is 48.5 Å². The molecular formula is C19H23ClN2O2. The number of nitrogens with one attached hydrogen (secondary N) is 1. The van der Waals surface area contributed by atoms with Crippen LogP contribution in [0.3, 0.4) is 0 Å². The van der Waals surface area contributed by atoms with Crippen molar-refractivity contribution in [3.63, 3.8) is 0 Å². The highest BCUT2D eigenvalue weighted by molar-refractivity contribution is 6.30. The van der Waals surface area contributed by atoms with Gasteiger partial charge in [0.05, 0.1) is 13.2 Å². The minimum absolute atomic E-state index is 0.0163. The van der Waals surface area contributed by atoms with E-state index in [1.165, 1.54) is 0 Å². The lowest BCUT2D eigenvalue weighted by Crippen LogP contribution is -2.42. The first-order valence-corrected chi connectivity index (χ1v) is 8.23. The Labute approximate surface area is 148 Å². The summed E-state index contributed by atoms with van der Waals surface area (Å²) in [6.45, 7) is 3.02. The fourth-order valence-electron chi connectivity index (χ4n) is 2.39. The maximum absolute atomic E-state index is 12.4. The normalized spacial score (nSPS) is 12.0. The van der Waals surface area contributed by atoms with Gasteiger partial charge in [0.2, 0.25) is 5.91 Å². The summed E-state index contributed by atoms with van der Waals surface area (Å²) in [5, 5.41) is 3.68. The van der Waals surface area contributed by atoms with E-state index < -0.39 is 0 Å². The van der Waals surface area contributed by atoms with Crippen molar-refractivity contribution in [3.05, 3.63) is 64.7 Å². The number of carbonyl (C=O) groups is 1. The molecule has 0 saturated heterocycles. The molecule has 0 radical (unpaired) electrons. The third kappa shape index (κ3) is 4.98. The van der Waals surface area contributed by atoms with E-state index in [2.05, 4.69) is 5.32 Å². The number of carbonyl (C=O) groups excluding carboxylic acids is 1. The third-order valence-electron chi connectivity index (χ3n) is 4.03. The van der Waals surface area contributed by atoms with Gasteiger partial charge in [-0.05, 0) is 37.7 Å². The van der Waals surface area contributed by atoms with E-state index in [0.29, 0.717) is 18.1 Å². The molecule has 2 aromatic rings. The first kappa shape index (κ1) is 18.3. The molecule has 0 bridgehead atoms. The van der Waals surface area contributed by atoms with Crippen molar-refractivity contribution in [2.75, 3.05) is 14.2 Å². The van der Waals surface area contributed by atoms with E-state index in [1.54, 1.807) is 7.11 Å². The Morgan fingerprint density at radius 3 is 2.54 bits per heavy atom. The number of hydrogen-bond donors (Lipinski definition) is 1. The Morgan fingerprint density at radius 1 is 1.21 bits per heavy atom. The van der Waals surface area contributed by atoms with Gasteiger partial charge in [0.1, 0.15) is 5.75 Å². The topological polar surface area (TPSA) is 41.6 Å². The smallest absolute Gasteiger partial charge is 0.237 e. The number of rotatable bonds is 7. The highest BCUT2D eigenvalue weighted by Crippen LogP contribution is 2.17. The van der Waals surface area contributed by atoms with E-state index in [4.69, 9.17) is 16.3 Å². The molecule has 0 heterocycles. The minimum Gasteiger partial charge on any atom is -0.496 e. The van der Waals surface area contributed by atoms with Crippen LogP contribution in [0.1, 0.15) is 18.1 Å². The molecule has 0 aromatic heterocycles. The van der Waals surface area contributed by atoms with Crippen LogP contribution in [0.5, 0.6) is 5.75 Å². The molecule has 1 unspecified atom stereocenters. The lowest BCUT2D eigenvalue weighted by molar-refractivity contribution is -0.125. The molecule has 24 heavy (non-hydrogen) atoms. The lowest BCUT2D eigenvalue weighted by atomic mass is 10.1. The zero-order valence-corrected chi connectivity index (χ0v) is 15.0. The fraction of sp³-hybridized carbons (Fsp3) is 0.316. The van der Waals surface area contributed by atoms with E-state index in [0.717, 1.165) is 16.9 Å². The van der Waals surface area contributed by atoms with E-state index in [1.807, 2.05) is 67.4 Å². The number of methoxy groups -OCH3 is 1. The number of benzene rings is 2. The molecule has 4 nitrogen and oxygen atoms in total. The molecule has 2 aromatic carbocycles. The number of likely N-dealkylation sites (N-methyl/N-ethyl adjacent to an activating group) is 1. The van der Waals surface area contributed by atoms with Crippen LogP contribution in [0.2, 0.25) is 5.02 Å². The van der Waals surface area contributed by atoms with Gasteiger partial charge in [0.15, 0.2) is 0 Å². The van der Waals surface area contributed by atoms with Crippen LogP contribution in [0, 0.1) is 0 Å². The first-order chi connectivity index (χ1) is 11.5. The summed E-state index contributed by atoms with van der Waals surface area (Å²) in [6.07, 6.45) is 0. The number of hydrogen-bond acceptors (Lipinski definition) is 3. The zero-order chi connectivity index (χ0) is 17.5. The predicted octanol–water partition coefficient (Wildman–Crippen LogP) is 3.49. The molecule has 0 fully saturated rings. The fourth-order valence-corrected chi connectivity index (χ4v) is 2.52. The first-order valence-electron chi connectivity index (χ1n) is 7.85. The van der Waals surface area contributed by atoms with E-state index in [9.17, 15) is 4.79 Å². The maximum atomic E-state index is 12.4. The number of nitrogens with zero attached hydrogens (tertiary/aromatic N) is 1. The van der Waals surface area contributed by atoms with Crippen molar-refractivity contribution in [2.45, 2.75) is 26.1 Å². The molecule has 1 atom stereocenters. The van der Waals surface area contributed by atoms with Crippen LogP contribution < -0.4 is 10.1 Å². The largest absolute Gasteiger partial charge is 0.496 e. The molecule has 128 valence electrons. The second-order valence-electron chi connectivity index (χ2n) is 5.75. The van der Waals surface area contributed by atoms with Crippen LogP contribution in [0.4, 0.5) is 0 Å². The van der Waals surface area contributed by atoms with Crippen molar-refractivity contribution < 1.29 is 9.53 Å². The Kier molecular flexibility index (Phi) is 6.64. The highest BCUT2D eigenvalue weighted by atomic mass is 35.5. The Bertz CT molecular complexity index is 673. The van der Waals surface area contributed by atoms with Gasteiger partial charge >= 0.3 is 0 Å². The standard InChI is InChI=1S/C19H23ClN2O2/c1-14(22(2)13-15-8-10-17(20)11-9-15)19(23)21-12-16-6-4-5-7-18(16)24-3/h4-11,14H,12-13H2,1-3H3,(H,21,23). The Morgan fingerprint density at radius 2 is 1.88 bits per heavy atom. The number of halogens is 1. The van der Waals surface area contributed by atoms with Crippen LogP contribution in [0.25, 0.3) is 0 Å². The summed E-state index contributed by atoms with van der Waals surface area (Å²) in [7, 11) is 3.56. The predicted molar refractivity (Wildman–Crippen MR) is 97.2 cm³/mol. The molecule has 0 aliphatic carbocycles. The summed E-state index contributed by atoms with van der Waals surface area (Å²) >= 11 is 5.90. The molecule has 0 aliphatic heterocycles. The van der Waals surface area contributed by atoms with Gasteiger partial charge in [0, 0.05) is 23.7 Å². The summed E-state index contributed by atoms with van der Waals surface area (Å²) < 4.78 is 5.30. The van der Waals surface area contributed by atoms with Gasteiger partial charge in [0.25, 0.3) is 0 Å². The van der Waals surface area contributed by atoms with Crippen molar-refractivity contribution in [1.29, 1.82) is 0 Å². The number of amides is 1. The van der Waals surface area contributed by atoms with Gasteiger partial charge in [-0.1, -0.05) is 41.9 Å². The quantitative estimate of drug-likeness (QED) is 0.834. The van der Waals surface area contributed by atoms with Gasteiger partial charge in [-0.15, -0.1) is 0 Å².